The maximum Gasteiger partial charge on any atom is 0.304 e. The Bertz CT molecular complexity index is 902. The van der Waals surface area contributed by atoms with E-state index in [1.54, 1.807) is 0 Å². The average Bonchev–Trinajstić information content (AvgIpc) is 2.64. The molecule has 0 spiro atoms. The Hall–Kier alpha value is -2.65. The van der Waals surface area contributed by atoms with Crippen LogP contribution in [-0.2, 0) is 15.0 Å². The monoisotopic (exact) mass is 409 g/mol. The zero-order valence-electron chi connectivity index (χ0n) is 16.1. The first-order valence-corrected chi connectivity index (χ1v) is 10.0. The van der Waals surface area contributed by atoms with E-state index < -0.39 is 28.5 Å². The number of anilines is 1. The van der Waals surface area contributed by atoms with Gasteiger partial charge in [-0.15, -0.1) is 0 Å². The number of nitrogens with one attached hydrogen (secondary N) is 1. The van der Waals surface area contributed by atoms with Crippen molar-refractivity contribution >= 4 is 21.8 Å². The second kappa shape index (κ2) is 9.52. The predicted octanol–water partition coefficient (Wildman–Crippen LogP) is 1.94. The van der Waals surface area contributed by atoms with E-state index in [0.717, 1.165) is 26.3 Å². The smallest absolute Gasteiger partial charge is 0.304 e. The van der Waals surface area contributed by atoms with Gasteiger partial charge in [0.2, 0.25) is 5.91 Å². The van der Waals surface area contributed by atoms with Crippen molar-refractivity contribution in [3.8, 4) is 5.75 Å². The molecule has 2 aromatic rings. The van der Waals surface area contributed by atoms with Crippen molar-refractivity contribution in [3.05, 3.63) is 59.9 Å². The summed E-state index contributed by atoms with van der Waals surface area (Å²) >= 11 is 0. The van der Waals surface area contributed by atoms with Gasteiger partial charge in [0.15, 0.2) is 0 Å². The normalized spacial score (nSPS) is 11.3. The first-order chi connectivity index (χ1) is 13.2. The van der Waals surface area contributed by atoms with Gasteiger partial charge < -0.3 is 10.1 Å². The standard InChI is InChI=1S/C19H24FN3O4S/c1-15-5-4-6-18(13-15)27-12-11-21-19(24)14-23(28(25,26)22(2)3)17-9-7-16(20)8-10-17/h4-10,13H,11-12,14H2,1-3H3,(H,21,24). The Morgan fingerprint density at radius 2 is 1.82 bits per heavy atom. The van der Waals surface area contributed by atoms with Crippen molar-refractivity contribution < 1.29 is 22.3 Å². The number of nitrogens with zero attached hydrogens (tertiary/aromatic N) is 2. The number of rotatable bonds is 9. The molecule has 0 fully saturated rings. The molecule has 0 aromatic heterocycles. The molecular weight excluding hydrogens is 385 g/mol. The number of carbonyl (C=O) groups is 1. The minimum absolute atomic E-state index is 0.196. The zero-order valence-corrected chi connectivity index (χ0v) is 16.9. The van der Waals surface area contributed by atoms with Crippen LogP contribution in [0.3, 0.4) is 0 Å². The fourth-order valence-electron chi connectivity index (χ4n) is 2.36. The van der Waals surface area contributed by atoms with Gasteiger partial charge in [-0.1, -0.05) is 12.1 Å². The van der Waals surface area contributed by atoms with Gasteiger partial charge in [-0.3, -0.25) is 4.79 Å². The van der Waals surface area contributed by atoms with Crippen LogP contribution in [0.15, 0.2) is 48.5 Å². The van der Waals surface area contributed by atoms with Crippen LogP contribution in [0.2, 0.25) is 0 Å². The topological polar surface area (TPSA) is 79.0 Å². The summed E-state index contributed by atoms with van der Waals surface area (Å²) in [5, 5.41) is 2.63. The van der Waals surface area contributed by atoms with E-state index in [-0.39, 0.29) is 18.8 Å². The Balaban J connectivity index is 1.97. The third-order valence-electron chi connectivity index (χ3n) is 3.82. The van der Waals surface area contributed by atoms with Crippen LogP contribution in [0.4, 0.5) is 10.1 Å². The molecule has 9 heteroatoms. The van der Waals surface area contributed by atoms with E-state index in [0.29, 0.717) is 5.75 Å². The van der Waals surface area contributed by atoms with Crippen molar-refractivity contribution in [1.82, 2.24) is 9.62 Å². The molecule has 0 aliphatic carbocycles. The summed E-state index contributed by atoms with van der Waals surface area (Å²) in [6.07, 6.45) is 0. The number of carbonyl (C=O) groups excluding carboxylic acids is 1. The third kappa shape index (κ3) is 5.93. The molecule has 0 aliphatic heterocycles. The Labute approximate surface area is 164 Å². The van der Waals surface area contributed by atoms with Crippen LogP contribution in [-0.4, -0.2) is 52.4 Å². The third-order valence-corrected chi connectivity index (χ3v) is 5.64. The summed E-state index contributed by atoms with van der Waals surface area (Å²) in [4.78, 5) is 12.3. The number of ether oxygens (including phenoxy) is 1. The maximum absolute atomic E-state index is 13.2. The van der Waals surface area contributed by atoms with Gasteiger partial charge in [-0.2, -0.15) is 12.7 Å². The van der Waals surface area contributed by atoms with Crippen molar-refractivity contribution in [1.29, 1.82) is 0 Å². The Morgan fingerprint density at radius 1 is 1.14 bits per heavy atom. The number of halogens is 1. The van der Waals surface area contributed by atoms with E-state index in [1.807, 2.05) is 31.2 Å². The molecule has 1 amide bonds. The maximum atomic E-state index is 13.2. The number of amides is 1. The summed E-state index contributed by atoms with van der Waals surface area (Å²) in [7, 11) is -1.21. The Kier molecular flexibility index (Phi) is 7.36. The number of aryl methyl sites for hydroxylation is 1. The predicted molar refractivity (Wildman–Crippen MR) is 106 cm³/mol. The minimum Gasteiger partial charge on any atom is -0.492 e. The molecule has 0 bridgehead atoms. The van der Waals surface area contributed by atoms with Gasteiger partial charge in [-0.25, -0.2) is 8.70 Å². The van der Waals surface area contributed by atoms with Crippen LogP contribution in [0.5, 0.6) is 5.75 Å². The van der Waals surface area contributed by atoms with Gasteiger partial charge >= 0.3 is 10.2 Å². The van der Waals surface area contributed by atoms with Gasteiger partial charge in [0.1, 0.15) is 24.7 Å². The van der Waals surface area contributed by atoms with Gasteiger partial charge in [0, 0.05) is 14.1 Å². The van der Waals surface area contributed by atoms with Crippen LogP contribution < -0.4 is 14.4 Å². The first-order valence-electron chi connectivity index (χ1n) is 8.62. The molecule has 0 atom stereocenters. The molecule has 7 nitrogen and oxygen atoms in total. The lowest BCUT2D eigenvalue weighted by Gasteiger charge is -2.26. The lowest BCUT2D eigenvalue weighted by atomic mass is 10.2. The second-order valence-electron chi connectivity index (χ2n) is 6.29. The highest BCUT2D eigenvalue weighted by molar-refractivity contribution is 7.90. The van der Waals surface area contributed by atoms with Gasteiger partial charge in [0.25, 0.3) is 0 Å². The van der Waals surface area contributed by atoms with Crippen LogP contribution >= 0.6 is 0 Å². The highest BCUT2D eigenvalue weighted by Crippen LogP contribution is 2.19. The highest BCUT2D eigenvalue weighted by atomic mass is 32.2. The molecule has 1 N–H and O–H groups in total. The van der Waals surface area contributed by atoms with Crippen LogP contribution in [0.25, 0.3) is 0 Å². The minimum atomic E-state index is -3.93. The molecule has 0 radical (unpaired) electrons. The van der Waals surface area contributed by atoms with Crippen molar-refractivity contribution in [3.63, 3.8) is 0 Å². The summed E-state index contributed by atoms with van der Waals surface area (Å²) < 4.78 is 45.7. The average molecular weight is 409 g/mol. The second-order valence-corrected chi connectivity index (χ2v) is 8.35. The van der Waals surface area contributed by atoms with Crippen molar-refractivity contribution in [2.45, 2.75) is 6.92 Å². The molecule has 0 saturated carbocycles. The SMILES string of the molecule is Cc1cccc(OCCNC(=O)CN(c2ccc(F)cc2)S(=O)(=O)N(C)C)c1. The van der Waals surface area contributed by atoms with E-state index in [2.05, 4.69) is 5.32 Å². The van der Waals surface area contributed by atoms with E-state index in [1.165, 1.54) is 26.2 Å². The lowest BCUT2D eigenvalue weighted by Crippen LogP contribution is -2.46. The summed E-state index contributed by atoms with van der Waals surface area (Å²) in [5.41, 5.74) is 1.26. The van der Waals surface area contributed by atoms with Gasteiger partial charge in [0.05, 0.1) is 12.2 Å². The number of benzene rings is 2. The van der Waals surface area contributed by atoms with Crippen LogP contribution in [0.1, 0.15) is 5.56 Å². The Morgan fingerprint density at radius 3 is 2.43 bits per heavy atom. The van der Waals surface area contributed by atoms with Crippen molar-refractivity contribution in [2.75, 3.05) is 38.1 Å². The first kappa shape index (κ1) is 21.6. The lowest BCUT2D eigenvalue weighted by molar-refractivity contribution is -0.119. The van der Waals surface area contributed by atoms with Crippen LogP contribution in [0, 0.1) is 12.7 Å². The van der Waals surface area contributed by atoms with E-state index in [4.69, 9.17) is 4.74 Å². The van der Waals surface area contributed by atoms with E-state index in [9.17, 15) is 17.6 Å². The quantitative estimate of drug-likeness (QED) is 0.642. The number of hydrogen-bond donors (Lipinski definition) is 1. The molecule has 152 valence electrons. The van der Waals surface area contributed by atoms with E-state index >= 15 is 0 Å². The molecule has 0 heterocycles. The zero-order chi connectivity index (χ0) is 20.7. The fourth-order valence-corrected chi connectivity index (χ4v) is 3.42. The molecule has 0 unspecified atom stereocenters. The molecule has 2 rings (SSSR count). The molecule has 0 saturated heterocycles. The molecule has 28 heavy (non-hydrogen) atoms. The number of hydrogen-bond acceptors (Lipinski definition) is 4. The van der Waals surface area contributed by atoms with Crippen molar-refractivity contribution in [2.24, 2.45) is 0 Å². The molecular formula is C19H24FN3O4S. The summed E-state index contributed by atoms with van der Waals surface area (Å²) in [5.74, 6) is -0.302. The van der Waals surface area contributed by atoms with Gasteiger partial charge in [-0.05, 0) is 48.9 Å². The summed E-state index contributed by atoms with van der Waals surface area (Å²) in [6.45, 7) is 1.97. The largest absolute Gasteiger partial charge is 0.492 e. The fraction of sp³-hybridized carbons (Fsp3) is 0.316. The molecule has 2 aromatic carbocycles. The molecule has 0 aliphatic rings. The highest BCUT2D eigenvalue weighted by Gasteiger charge is 2.27. The summed E-state index contributed by atoms with van der Waals surface area (Å²) in [6, 6.07) is 12.4.